The van der Waals surface area contributed by atoms with Gasteiger partial charge in [-0.15, -0.1) is 0 Å². The second-order valence-electron chi connectivity index (χ2n) is 2.15. The van der Waals surface area contributed by atoms with E-state index in [9.17, 15) is 8.78 Å². The Kier molecular flexibility index (Phi) is 2.54. The first-order valence-electron chi connectivity index (χ1n) is 3.22. The number of aromatic nitrogens is 1. The Hall–Kier alpha value is -1.23. The smallest absolute Gasteiger partial charge is 0.267 e. The van der Waals surface area contributed by atoms with Crippen LogP contribution < -0.4 is 0 Å². The van der Waals surface area contributed by atoms with Crippen molar-refractivity contribution in [2.24, 2.45) is 0 Å². The van der Waals surface area contributed by atoms with Crippen molar-refractivity contribution >= 4 is 0 Å². The molecule has 1 aromatic rings. The van der Waals surface area contributed by atoms with Gasteiger partial charge in [-0.05, 0) is 6.07 Å². The molecular weight excluding hydrogens is 168 g/mol. The molecule has 66 valence electrons. The van der Waals surface area contributed by atoms with Gasteiger partial charge in [-0.3, -0.25) is 4.98 Å². The Bertz CT molecular complexity index is 278. The molecule has 0 saturated heterocycles. The van der Waals surface area contributed by atoms with E-state index in [-0.39, 0.29) is 5.69 Å². The Morgan fingerprint density at radius 1 is 1.50 bits per heavy atom. The van der Waals surface area contributed by atoms with E-state index in [2.05, 4.69) is 4.98 Å². The molecule has 0 aliphatic rings. The average molecular weight is 175 g/mol. The lowest BCUT2D eigenvalue weighted by Gasteiger charge is -2.05. The van der Waals surface area contributed by atoms with Crippen molar-refractivity contribution in [1.29, 1.82) is 0 Å². The maximum atomic E-state index is 12.1. The van der Waals surface area contributed by atoms with E-state index < -0.39 is 24.3 Å². The van der Waals surface area contributed by atoms with Gasteiger partial charge in [0.1, 0.15) is 11.4 Å². The van der Waals surface area contributed by atoms with Crippen molar-refractivity contribution < 1.29 is 19.0 Å². The number of aliphatic hydroxyl groups is 1. The van der Waals surface area contributed by atoms with Crippen molar-refractivity contribution in [3.63, 3.8) is 0 Å². The van der Waals surface area contributed by atoms with Gasteiger partial charge in [0, 0.05) is 6.20 Å². The van der Waals surface area contributed by atoms with E-state index in [0.717, 1.165) is 12.3 Å². The molecule has 1 heterocycles. The van der Waals surface area contributed by atoms with Crippen molar-refractivity contribution in [1.82, 2.24) is 4.98 Å². The number of aliphatic hydroxyl groups excluding tert-OH is 1. The van der Waals surface area contributed by atoms with E-state index in [4.69, 9.17) is 10.2 Å². The fourth-order valence-electron chi connectivity index (χ4n) is 0.806. The van der Waals surface area contributed by atoms with Crippen molar-refractivity contribution in [3.05, 3.63) is 23.5 Å². The van der Waals surface area contributed by atoms with Gasteiger partial charge in [-0.25, -0.2) is 8.78 Å². The zero-order valence-corrected chi connectivity index (χ0v) is 6.04. The van der Waals surface area contributed by atoms with Crippen molar-refractivity contribution in [2.75, 3.05) is 0 Å². The standard InChI is InChI=1S/C7H7F2NO2/c8-7(9)4-1-2-10-5(3-11)6(4)12/h1-2,7,11-12H,3H2. The summed E-state index contributed by atoms with van der Waals surface area (Å²) in [6.07, 6.45) is -1.63. The van der Waals surface area contributed by atoms with Gasteiger partial charge in [0.05, 0.1) is 12.2 Å². The first-order valence-corrected chi connectivity index (χ1v) is 3.22. The summed E-state index contributed by atoms with van der Waals surface area (Å²) in [4.78, 5) is 3.51. The van der Waals surface area contributed by atoms with Gasteiger partial charge < -0.3 is 10.2 Å². The Labute approximate surface area is 67.3 Å². The molecule has 0 fully saturated rings. The van der Waals surface area contributed by atoms with E-state index in [1.807, 2.05) is 0 Å². The molecule has 0 amide bonds. The lowest BCUT2D eigenvalue weighted by atomic mass is 10.2. The van der Waals surface area contributed by atoms with Gasteiger partial charge in [-0.1, -0.05) is 0 Å². The topological polar surface area (TPSA) is 53.4 Å². The first kappa shape index (κ1) is 8.86. The molecule has 0 aliphatic heterocycles. The molecule has 2 N–H and O–H groups in total. The molecule has 1 rings (SSSR count). The lowest BCUT2D eigenvalue weighted by Crippen LogP contribution is -1.94. The van der Waals surface area contributed by atoms with Crippen LogP contribution in [-0.2, 0) is 6.61 Å². The molecule has 12 heavy (non-hydrogen) atoms. The van der Waals surface area contributed by atoms with Crippen LogP contribution in [0.15, 0.2) is 12.3 Å². The normalized spacial score (nSPS) is 10.7. The summed E-state index contributed by atoms with van der Waals surface area (Å²) < 4.78 is 24.1. The van der Waals surface area contributed by atoms with Gasteiger partial charge in [-0.2, -0.15) is 0 Å². The van der Waals surface area contributed by atoms with E-state index in [1.165, 1.54) is 0 Å². The number of aromatic hydroxyl groups is 1. The zero-order chi connectivity index (χ0) is 9.14. The van der Waals surface area contributed by atoms with Crippen molar-refractivity contribution in [3.8, 4) is 5.75 Å². The number of pyridine rings is 1. The Morgan fingerprint density at radius 2 is 2.17 bits per heavy atom. The number of halogens is 2. The molecule has 0 saturated carbocycles. The molecule has 0 radical (unpaired) electrons. The molecule has 0 aliphatic carbocycles. The molecule has 0 bridgehead atoms. The summed E-state index contributed by atoms with van der Waals surface area (Å²) in [5, 5.41) is 17.6. The van der Waals surface area contributed by atoms with E-state index >= 15 is 0 Å². The van der Waals surface area contributed by atoms with Crippen molar-refractivity contribution in [2.45, 2.75) is 13.0 Å². The first-order chi connectivity index (χ1) is 5.66. The summed E-state index contributed by atoms with van der Waals surface area (Å²) in [6.45, 7) is -0.549. The predicted molar refractivity (Wildman–Crippen MR) is 36.8 cm³/mol. The van der Waals surface area contributed by atoms with Crippen LogP contribution in [0.2, 0.25) is 0 Å². The highest BCUT2D eigenvalue weighted by Crippen LogP contribution is 2.29. The fourth-order valence-corrected chi connectivity index (χ4v) is 0.806. The minimum atomic E-state index is -2.75. The second-order valence-corrected chi connectivity index (χ2v) is 2.15. The van der Waals surface area contributed by atoms with Crippen LogP contribution in [0.5, 0.6) is 5.75 Å². The van der Waals surface area contributed by atoms with Crippen LogP contribution in [0, 0.1) is 0 Å². The minimum absolute atomic E-state index is 0.132. The average Bonchev–Trinajstić information content (AvgIpc) is 2.04. The quantitative estimate of drug-likeness (QED) is 0.710. The highest BCUT2D eigenvalue weighted by Gasteiger charge is 2.15. The third-order valence-electron chi connectivity index (χ3n) is 1.42. The molecule has 0 atom stereocenters. The SMILES string of the molecule is OCc1nccc(C(F)F)c1O. The van der Waals surface area contributed by atoms with Gasteiger partial charge in [0.15, 0.2) is 0 Å². The third-order valence-corrected chi connectivity index (χ3v) is 1.42. The lowest BCUT2D eigenvalue weighted by molar-refractivity contribution is 0.146. The highest BCUT2D eigenvalue weighted by atomic mass is 19.3. The molecule has 1 aromatic heterocycles. The van der Waals surface area contributed by atoms with Crippen LogP contribution in [0.1, 0.15) is 17.7 Å². The largest absolute Gasteiger partial charge is 0.505 e. The summed E-state index contributed by atoms with van der Waals surface area (Å²) in [5.41, 5.74) is -0.637. The molecule has 0 aromatic carbocycles. The number of hydrogen-bond acceptors (Lipinski definition) is 3. The fraction of sp³-hybridized carbons (Fsp3) is 0.286. The molecule has 3 nitrogen and oxygen atoms in total. The second kappa shape index (κ2) is 3.44. The maximum Gasteiger partial charge on any atom is 0.267 e. The van der Waals surface area contributed by atoms with E-state index in [1.54, 1.807) is 0 Å². The van der Waals surface area contributed by atoms with Crippen LogP contribution in [0.3, 0.4) is 0 Å². The van der Waals surface area contributed by atoms with Gasteiger partial charge in [0.25, 0.3) is 6.43 Å². The molecule has 0 unspecified atom stereocenters. The monoisotopic (exact) mass is 175 g/mol. The third kappa shape index (κ3) is 1.50. The molecule has 5 heteroatoms. The Morgan fingerprint density at radius 3 is 2.67 bits per heavy atom. The summed E-state index contributed by atoms with van der Waals surface area (Å²) in [5.74, 6) is -0.630. The van der Waals surface area contributed by atoms with Gasteiger partial charge in [0.2, 0.25) is 0 Å². The van der Waals surface area contributed by atoms with Gasteiger partial charge >= 0.3 is 0 Å². The Balaban J connectivity index is 3.14. The van der Waals surface area contributed by atoms with Crippen LogP contribution >= 0.6 is 0 Å². The maximum absolute atomic E-state index is 12.1. The van der Waals surface area contributed by atoms with Crippen LogP contribution in [0.4, 0.5) is 8.78 Å². The van der Waals surface area contributed by atoms with Crippen LogP contribution in [-0.4, -0.2) is 15.2 Å². The highest BCUT2D eigenvalue weighted by molar-refractivity contribution is 5.35. The summed E-state index contributed by atoms with van der Waals surface area (Å²) in [7, 11) is 0. The summed E-state index contributed by atoms with van der Waals surface area (Å²) >= 11 is 0. The van der Waals surface area contributed by atoms with Crippen LogP contribution in [0.25, 0.3) is 0 Å². The number of nitrogens with zero attached hydrogens (tertiary/aromatic N) is 1. The summed E-state index contributed by atoms with van der Waals surface area (Å²) in [6, 6.07) is 1.01. The zero-order valence-electron chi connectivity index (χ0n) is 6.04. The predicted octanol–water partition coefficient (Wildman–Crippen LogP) is 1.22. The minimum Gasteiger partial charge on any atom is -0.505 e. The number of alkyl halides is 2. The van der Waals surface area contributed by atoms with E-state index in [0.29, 0.717) is 0 Å². The number of rotatable bonds is 2. The number of hydrogen-bond donors (Lipinski definition) is 2. The molecular formula is C7H7F2NO2. The molecule has 0 spiro atoms.